The highest BCUT2D eigenvalue weighted by molar-refractivity contribution is 7.88. The van der Waals surface area contributed by atoms with Crippen LogP contribution < -0.4 is 10.6 Å². The van der Waals surface area contributed by atoms with Gasteiger partial charge >= 0.3 is 12.1 Å². The van der Waals surface area contributed by atoms with Crippen molar-refractivity contribution in [2.24, 2.45) is 9.57 Å². The average molecular weight is 418 g/mol. The molecule has 1 heterocycles. The molecule has 12 heteroatoms. The summed E-state index contributed by atoms with van der Waals surface area (Å²) in [6, 6.07) is 2.13. The third-order valence-corrected chi connectivity index (χ3v) is 4.95. The number of hydrogen-bond acceptors (Lipinski definition) is 4. The molecule has 1 aliphatic rings. The van der Waals surface area contributed by atoms with Crippen molar-refractivity contribution in [2.45, 2.75) is 25.9 Å². The Kier molecular flexibility index (Phi) is 6.89. The van der Waals surface area contributed by atoms with Gasteiger partial charge in [-0.05, 0) is 42.2 Å². The lowest BCUT2D eigenvalue weighted by Gasteiger charge is -2.11. The molecule has 1 aromatic carbocycles. The Bertz CT molecular complexity index is 868. The molecule has 1 saturated heterocycles. The summed E-state index contributed by atoms with van der Waals surface area (Å²) < 4.78 is 42.7. The number of carbonyl (C=O) groups is 3. The van der Waals surface area contributed by atoms with Crippen LogP contribution in [0.5, 0.6) is 0 Å². The number of nitrogens with zero attached hydrogens (tertiary/aromatic N) is 2. The number of halogens is 3. The number of alkyl halides is 3. The maximum atomic E-state index is 12.9. The van der Waals surface area contributed by atoms with Gasteiger partial charge in [0.2, 0.25) is 11.8 Å². The predicted octanol–water partition coefficient (Wildman–Crippen LogP) is 2.39. The maximum Gasteiger partial charge on any atom is 0.416 e. The second-order valence-electron chi connectivity index (χ2n) is 5.92. The minimum atomic E-state index is -4.74. The fourth-order valence-corrected chi connectivity index (χ4v) is 3.36. The molecule has 0 aliphatic carbocycles. The molecule has 0 radical (unpaired) electrons. The largest absolute Gasteiger partial charge is 0.478 e. The highest BCUT2D eigenvalue weighted by Gasteiger charge is 2.32. The molecule has 1 fully saturated rings. The minimum Gasteiger partial charge on any atom is -0.478 e. The van der Waals surface area contributed by atoms with Crippen molar-refractivity contribution in [1.29, 1.82) is 0 Å². The molecule has 152 valence electrons. The van der Waals surface area contributed by atoms with Crippen molar-refractivity contribution < 1.29 is 32.7 Å². The van der Waals surface area contributed by atoms with E-state index in [-0.39, 0.29) is 30.2 Å². The van der Waals surface area contributed by atoms with Crippen LogP contribution in [0.3, 0.4) is 0 Å². The van der Waals surface area contributed by atoms with Crippen LogP contribution in [-0.4, -0.2) is 40.2 Å². The van der Waals surface area contributed by atoms with Crippen LogP contribution in [0.1, 0.15) is 35.7 Å². The Morgan fingerprint density at radius 2 is 2.00 bits per heavy atom. The summed E-state index contributed by atoms with van der Waals surface area (Å²) in [5.41, 5.74) is -1.48. The number of carboxylic acids is 1. The maximum absolute atomic E-state index is 12.9. The molecule has 1 aromatic rings. The van der Waals surface area contributed by atoms with Gasteiger partial charge in [-0.1, -0.05) is 0 Å². The van der Waals surface area contributed by atoms with Crippen molar-refractivity contribution in [3.63, 3.8) is 0 Å². The zero-order valence-electron chi connectivity index (χ0n) is 14.7. The van der Waals surface area contributed by atoms with Crippen LogP contribution >= 0.6 is 0 Å². The van der Waals surface area contributed by atoms with Crippen LogP contribution in [0.15, 0.2) is 27.8 Å². The molecule has 3 N–H and O–H groups in total. The Morgan fingerprint density at radius 1 is 1.29 bits per heavy atom. The number of carboxylic acid groups (broad SMARTS) is 1. The van der Waals surface area contributed by atoms with Crippen molar-refractivity contribution in [3.05, 3.63) is 29.3 Å². The standard InChI is InChI=1S/C16H17F3N4O4S/c1-9(22-23-28-7-14(25)20-8-28)2-3-13(24)21-12-5-10(15(26)27)4-11(6-12)16(17,18)19/h4-6H,2-3,7-8H2,1H3,(H,20,25)(H,21,24)(H,26,27)/b22-9+. The summed E-state index contributed by atoms with van der Waals surface area (Å²) >= 11 is 0. The lowest BCUT2D eigenvalue weighted by atomic mass is 10.1. The summed E-state index contributed by atoms with van der Waals surface area (Å²) in [5, 5.41) is 17.8. The zero-order valence-corrected chi connectivity index (χ0v) is 15.5. The number of anilines is 1. The molecule has 0 spiro atoms. The highest BCUT2D eigenvalue weighted by atomic mass is 32.2. The van der Waals surface area contributed by atoms with Gasteiger partial charge in [-0.2, -0.15) is 18.3 Å². The summed E-state index contributed by atoms with van der Waals surface area (Å²) in [6.07, 6.45) is -4.61. The number of rotatable bonds is 6. The molecule has 1 aliphatic heterocycles. The summed E-state index contributed by atoms with van der Waals surface area (Å²) in [4.78, 5) is 34.1. The van der Waals surface area contributed by atoms with E-state index in [4.69, 9.17) is 5.11 Å². The monoisotopic (exact) mass is 418 g/mol. The average Bonchev–Trinajstić information content (AvgIpc) is 3.02. The van der Waals surface area contributed by atoms with Crippen molar-refractivity contribution >= 4 is 39.9 Å². The van der Waals surface area contributed by atoms with Crippen LogP contribution in [-0.2, 0) is 26.5 Å². The first-order chi connectivity index (χ1) is 13.0. The van der Waals surface area contributed by atoms with Gasteiger partial charge in [-0.15, -0.1) is 4.47 Å². The Morgan fingerprint density at radius 3 is 2.57 bits per heavy atom. The SMILES string of the molecule is C/C(CCC(=O)Nc1cc(C(=O)O)cc(C(F)(F)F)c1)=N\N=S1/CNC(=O)C1. The van der Waals surface area contributed by atoms with E-state index in [0.717, 1.165) is 6.07 Å². The lowest BCUT2D eigenvalue weighted by Crippen LogP contribution is -2.15. The quantitative estimate of drug-likeness (QED) is 0.485. The van der Waals surface area contributed by atoms with E-state index in [9.17, 15) is 27.6 Å². The van der Waals surface area contributed by atoms with Crippen molar-refractivity contribution in [3.8, 4) is 0 Å². The first-order valence-electron chi connectivity index (χ1n) is 7.98. The molecular weight excluding hydrogens is 401 g/mol. The van der Waals surface area contributed by atoms with Gasteiger partial charge in [0.15, 0.2) is 0 Å². The molecule has 1 unspecified atom stereocenters. The number of nitrogens with one attached hydrogen (secondary N) is 2. The number of amides is 2. The van der Waals surface area contributed by atoms with Gasteiger partial charge in [-0.3, -0.25) is 9.59 Å². The first kappa shape index (κ1) is 21.5. The fourth-order valence-electron chi connectivity index (χ4n) is 2.16. The second-order valence-corrected chi connectivity index (χ2v) is 7.58. The van der Waals surface area contributed by atoms with E-state index in [1.54, 1.807) is 6.92 Å². The molecule has 8 nitrogen and oxygen atoms in total. The molecular formula is C16H17F3N4O4S. The van der Waals surface area contributed by atoms with Gasteiger partial charge in [-0.25, -0.2) is 4.79 Å². The van der Waals surface area contributed by atoms with Gasteiger partial charge in [0, 0.05) is 17.8 Å². The third kappa shape index (κ3) is 6.44. The van der Waals surface area contributed by atoms with E-state index in [2.05, 4.69) is 20.2 Å². The van der Waals surface area contributed by atoms with Crippen molar-refractivity contribution in [1.82, 2.24) is 5.32 Å². The van der Waals surface area contributed by atoms with Crippen LogP contribution in [0.25, 0.3) is 0 Å². The third-order valence-electron chi connectivity index (χ3n) is 3.57. The van der Waals surface area contributed by atoms with Gasteiger partial charge < -0.3 is 15.7 Å². The van der Waals surface area contributed by atoms with E-state index in [1.807, 2.05) is 0 Å². The van der Waals surface area contributed by atoms with Crippen LogP contribution in [0.4, 0.5) is 18.9 Å². The van der Waals surface area contributed by atoms with E-state index >= 15 is 0 Å². The van der Waals surface area contributed by atoms with Crippen LogP contribution in [0.2, 0.25) is 0 Å². The highest BCUT2D eigenvalue weighted by Crippen LogP contribution is 2.32. The molecule has 2 amide bonds. The van der Waals surface area contributed by atoms with E-state index in [1.165, 1.54) is 0 Å². The fraction of sp³-hybridized carbons (Fsp3) is 0.375. The Balaban J connectivity index is 1.99. The molecule has 0 saturated carbocycles. The second kappa shape index (κ2) is 8.95. The molecule has 2 rings (SSSR count). The molecule has 0 aromatic heterocycles. The number of hydrogen-bond donors (Lipinski definition) is 3. The zero-order chi connectivity index (χ0) is 20.9. The Hall–Kier alpha value is -2.76. The smallest absolute Gasteiger partial charge is 0.416 e. The van der Waals surface area contributed by atoms with E-state index < -0.39 is 39.9 Å². The number of aromatic carboxylic acids is 1. The summed E-state index contributed by atoms with van der Waals surface area (Å²) in [7, 11) is -0.528. The van der Waals surface area contributed by atoms with Crippen molar-refractivity contribution in [2.75, 3.05) is 16.9 Å². The van der Waals surface area contributed by atoms with E-state index in [0.29, 0.717) is 23.7 Å². The molecule has 1 atom stereocenters. The molecule has 0 bridgehead atoms. The van der Waals surface area contributed by atoms with Crippen LogP contribution in [0, 0.1) is 0 Å². The number of benzene rings is 1. The predicted molar refractivity (Wildman–Crippen MR) is 97.0 cm³/mol. The van der Waals surface area contributed by atoms with Gasteiger partial charge in [0.05, 0.1) is 22.8 Å². The summed E-state index contributed by atoms with van der Waals surface area (Å²) in [5.74, 6) is -1.52. The summed E-state index contributed by atoms with van der Waals surface area (Å²) in [6.45, 7) is 1.64. The number of carbonyl (C=O) groups excluding carboxylic acids is 2. The van der Waals surface area contributed by atoms with Gasteiger partial charge in [0.25, 0.3) is 0 Å². The lowest BCUT2D eigenvalue weighted by molar-refractivity contribution is -0.137. The normalized spacial score (nSPS) is 17.5. The van der Waals surface area contributed by atoms with Gasteiger partial charge in [0.1, 0.15) is 0 Å². The Labute approximate surface area is 160 Å². The topological polar surface area (TPSA) is 120 Å². The molecule has 28 heavy (non-hydrogen) atoms. The minimum absolute atomic E-state index is 0.0749. The first-order valence-corrected chi connectivity index (χ1v) is 9.50.